The van der Waals surface area contributed by atoms with E-state index >= 15 is 0 Å². The summed E-state index contributed by atoms with van der Waals surface area (Å²) in [7, 11) is -4.14. The Balaban J connectivity index is 3.54. The maximum Gasteiger partial charge on any atom is 0.354 e. The van der Waals surface area contributed by atoms with Gasteiger partial charge in [-0.2, -0.15) is 0 Å². The molecule has 0 aliphatic heterocycles. The van der Waals surface area contributed by atoms with Crippen LogP contribution in [0.5, 0.6) is 0 Å². The fourth-order valence-corrected chi connectivity index (χ4v) is 15.7. The quantitative estimate of drug-likeness (QED) is 0.407. The summed E-state index contributed by atoms with van der Waals surface area (Å²) in [6.45, 7) is 22.3. The van der Waals surface area contributed by atoms with Crippen molar-refractivity contribution in [1.29, 1.82) is 0 Å². The van der Waals surface area contributed by atoms with Gasteiger partial charge in [-0.1, -0.05) is 59.7 Å². The molecule has 0 bridgehead atoms. The monoisotopic (exact) mass is 395 g/mol. The molecule has 0 saturated heterocycles. The highest BCUT2D eigenvalue weighted by atomic mass is 28.4. The lowest BCUT2D eigenvalue weighted by Gasteiger charge is -2.53. The first kappa shape index (κ1) is 23.4. The number of hydrogen-bond acceptors (Lipinski definition) is 3. The van der Waals surface area contributed by atoms with Crippen LogP contribution in [0.3, 0.4) is 0 Å². The average molecular weight is 396 g/mol. The average Bonchev–Trinajstić information content (AvgIpc) is 2.54. The molecule has 0 aromatic heterocycles. The van der Waals surface area contributed by atoms with Gasteiger partial charge in [0.25, 0.3) is 0 Å². The Hall–Kier alpha value is -0.626. The first-order valence-electron chi connectivity index (χ1n) is 10.3. The van der Waals surface area contributed by atoms with Crippen molar-refractivity contribution in [3.05, 3.63) is 30.3 Å². The zero-order chi connectivity index (χ0) is 20.0. The molecule has 0 aliphatic carbocycles. The highest BCUT2D eigenvalue weighted by molar-refractivity contribution is 6.88. The van der Waals surface area contributed by atoms with E-state index < -0.39 is 16.8 Å². The molecule has 0 atom stereocenters. The van der Waals surface area contributed by atoms with Gasteiger partial charge < -0.3 is 13.4 Å². The Labute approximate surface area is 164 Å². The smallest absolute Gasteiger partial charge is 0.354 e. The maximum atomic E-state index is 6.25. The van der Waals surface area contributed by atoms with Crippen LogP contribution >= 0.6 is 0 Å². The normalized spacial score (nSPS) is 13.1. The Morgan fingerprint density at radius 2 is 1.23 bits per heavy atom. The lowest BCUT2D eigenvalue weighted by atomic mass is 10.3. The summed E-state index contributed by atoms with van der Waals surface area (Å²) >= 11 is 0. The Morgan fingerprint density at radius 1 is 0.808 bits per heavy atom. The van der Waals surface area contributed by atoms with Crippen molar-refractivity contribution >= 4 is 22.5 Å². The van der Waals surface area contributed by atoms with Crippen molar-refractivity contribution in [3.8, 4) is 0 Å². The molecular formula is C21H41NO2Si2. The van der Waals surface area contributed by atoms with Gasteiger partial charge in [0.15, 0.2) is 8.24 Å². The second-order valence-electron chi connectivity index (χ2n) is 8.27. The van der Waals surface area contributed by atoms with Crippen LogP contribution in [0.4, 0.5) is 5.69 Å². The van der Waals surface area contributed by atoms with E-state index in [-0.39, 0.29) is 0 Å². The summed E-state index contributed by atoms with van der Waals surface area (Å²) in [6.07, 6.45) is 0.902. The molecular weight excluding hydrogens is 354 g/mol. The van der Waals surface area contributed by atoms with E-state index in [9.17, 15) is 0 Å². The standard InChI is InChI=1S/C21H41NO2Si2/c1-10-23-25(9,24-11-2)17-22(21-15-13-12-14-16-21)26(18(3)4,19(5)6)20(7)8/h12-16,18-20H,10-11,17H2,1-9H3. The molecule has 1 aromatic carbocycles. The summed E-state index contributed by atoms with van der Waals surface area (Å²) < 4.78 is 15.3. The van der Waals surface area contributed by atoms with E-state index in [2.05, 4.69) is 96.8 Å². The molecule has 26 heavy (non-hydrogen) atoms. The van der Waals surface area contributed by atoms with Crippen molar-refractivity contribution < 1.29 is 8.85 Å². The van der Waals surface area contributed by atoms with E-state index in [1.165, 1.54) is 5.69 Å². The third kappa shape index (κ3) is 5.00. The molecule has 1 aromatic rings. The zero-order valence-corrected chi connectivity index (χ0v) is 20.5. The second kappa shape index (κ2) is 10.1. The molecule has 0 radical (unpaired) electrons. The van der Waals surface area contributed by atoms with E-state index in [1.807, 2.05) is 0 Å². The summed E-state index contributed by atoms with van der Waals surface area (Å²) in [6, 6.07) is 10.9. The molecule has 0 amide bonds. The lowest BCUT2D eigenvalue weighted by Crippen LogP contribution is -2.66. The summed E-state index contributed by atoms with van der Waals surface area (Å²) in [4.78, 5) is 0. The van der Waals surface area contributed by atoms with Crippen LogP contribution in [-0.2, 0) is 8.85 Å². The second-order valence-corrected chi connectivity index (χ2v) is 17.2. The fraction of sp³-hybridized carbons (Fsp3) is 0.714. The van der Waals surface area contributed by atoms with Gasteiger partial charge >= 0.3 is 8.56 Å². The van der Waals surface area contributed by atoms with Gasteiger partial charge in [0.2, 0.25) is 0 Å². The van der Waals surface area contributed by atoms with Gasteiger partial charge in [-0.3, -0.25) is 0 Å². The van der Waals surface area contributed by atoms with Gasteiger partial charge in [-0.15, -0.1) is 0 Å². The highest BCUT2D eigenvalue weighted by Gasteiger charge is 2.51. The van der Waals surface area contributed by atoms with Crippen LogP contribution in [0.2, 0.25) is 23.2 Å². The Morgan fingerprint density at radius 3 is 1.58 bits per heavy atom. The predicted octanol–water partition coefficient (Wildman–Crippen LogP) is 6.35. The lowest BCUT2D eigenvalue weighted by molar-refractivity contribution is 0.190. The van der Waals surface area contributed by atoms with Crippen LogP contribution in [0, 0.1) is 0 Å². The van der Waals surface area contributed by atoms with Crippen LogP contribution in [0.15, 0.2) is 30.3 Å². The van der Waals surface area contributed by atoms with Gasteiger partial charge in [0, 0.05) is 18.9 Å². The predicted molar refractivity (Wildman–Crippen MR) is 120 cm³/mol. The molecule has 1 rings (SSSR count). The molecule has 0 saturated carbocycles. The molecule has 3 nitrogen and oxygen atoms in total. The van der Waals surface area contributed by atoms with Crippen LogP contribution in [0.1, 0.15) is 55.4 Å². The fourth-order valence-electron chi connectivity index (χ4n) is 5.03. The minimum atomic E-state index is -2.28. The summed E-state index contributed by atoms with van der Waals surface area (Å²) in [5.74, 6) is 0. The molecule has 0 heterocycles. The number of anilines is 1. The zero-order valence-electron chi connectivity index (χ0n) is 18.5. The molecule has 0 fully saturated rings. The molecule has 0 unspecified atom stereocenters. The van der Waals surface area contributed by atoms with Crippen LogP contribution in [0.25, 0.3) is 0 Å². The Kier molecular flexibility index (Phi) is 9.06. The van der Waals surface area contributed by atoms with E-state index in [1.54, 1.807) is 0 Å². The third-order valence-electron chi connectivity index (χ3n) is 5.65. The first-order chi connectivity index (χ1) is 12.2. The van der Waals surface area contributed by atoms with Gasteiger partial charge in [-0.05, 0) is 49.2 Å². The molecule has 150 valence electrons. The third-order valence-corrected chi connectivity index (χ3v) is 15.6. The largest absolute Gasteiger partial charge is 0.394 e. The Bertz CT molecular complexity index is 492. The minimum absolute atomic E-state index is 0.643. The number of benzene rings is 1. The van der Waals surface area contributed by atoms with Gasteiger partial charge in [0.05, 0.1) is 6.17 Å². The number of para-hydroxylation sites is 1. The summed E-state index contributed by atoms with van der Waals surface area (Å²) in [5.41, 5.74) is 3.26. The number of nitrogens with zero attached hydrogens (tertiary/aromatic N) is 1. The van der Waals surface area contributed by atoms with Crippen molar-refractivity contribution in [2.75, 3.05) is 23.9 Å². The molecule has 0 aliphatic rings. The molecule has 5 heteroatoms. The van der Waals surface area contributed by atoms with Crippen molar-refractivity contribution in [1.82, 2.24) is 0 Å². The van der Waals surface area contributed by atoms with Crippen molar-refractivity contribution in [2.24, 2.45) is 0 Å². The van der Waals surface area contributed by atoms with Crippen LogP contribution < -0.4 is 4.57 Å². The molecule has 0 N–H and O–H groups in total. The van der Waals surface area contributed by atoms with Crippen LogP contribution in [-0.4, -0.2) is 36.2 Å². The van der Waals surface area contributed by atoms with Crippen molar-refractivity contribution in [2.45, 2.75) is 78.6 Å². The van der Waals surface area contributed by atoms with Gasteiger partial charge in [-0.25, -0.2) is 0 Å². The van der Waals surface area contributed by atoms with E-state index in [4.69, 9.17) is 8.85 Å². The summed E-state index contributed by atoms with van der Waals surface area (Å²) in [5, 5.41) is 0. The topological polar surface area (TPSA) is 21.7 Å². The van der Waals surface area contributed by atoms with Gasteiger partial charge in [0.1, 0.15) is 0 Å². The maximum absolute atomic E-state index is 6.25. The number of rotatable bonds is 11. The van der Waals surface area contributed by atoms with E-state index in [0.29, 0.717) is 29.8 Å². The number of hydrogen-bond donors (Lipinski definition) is 0. The SMILES string of the molecule is CCO[Si](C)(CN(c1ccccc1)[Si](C(C)C)(C(C)C)C(C)C)OCC. The van der Waals surface area contributed by atoms with Crippen molar-refractivity contribution in [3.63, 3.8) is 0 Å². The molecule has 0 spiro atoms. The minimum Gasteiger partial charge on any atom is -0.394 e. The highest BCUT2D eigenvalue weighted by Crippen LogP contribution is 2.46. The first-order valence-corrected chi connectivity index (χ1v) is 15.0. The van der Waals surface area contributed by atoms with E-state index in [0.717, 1.165) is 6.17 Å².